The molecule has 1 N–H and O–H groups in total. The van der Waals surface area contributed by atoms with Crippen molar-refractivity contribution in [2.24, 2.45) is 0 Å². The van der Waals surface area contributed by atoms with Gasteiger partial charge in [-0.3, -0.25) is 0 Å². The van der Waals surface area contributed by atoms with Gasteiger partial charge < -0.3 is 24.2 Å². The number of carbonyl (C=O) groups excluding carboxylic acids is 3. The molecule has 3 fully saturated rings. The lowest BCUT2D eigenvalue weighted by Crippen LogP contribution is -2.41. The second kappa shape index (κ2) is 12.5. The van der Waals surface area contributed by atoms with Crippen molar-refractivity contribution in [3.8, 4) is 0 Å². The molecule has 38 heavy (non-hydrogen) atoms. The summed E-state index contributed by atoms with van der Waals surface area (Å²) in [6.07, 6.45) is 0.626. The number of fused-ring (bicyclic) bond motifs is 1. The largest absolute Gasteiger partial charge is 0.523 e. The van der Waals surface area contributed by atoms with Crippen LogP contribution >= 0.6 is 11.6 Å². The highest BCUT2D eigenvalue weighted by Gasteiger charge is 2.50. The minimum atomic E-state index is -5.71. The predicted molar refractivity (Wildman–Crippen MR) is 123 cm³/mol. The summed E-state index contributed by atoms with van der Waals surface area (Å²) in [5.41, 5.74) is -3.14. The molecule has 0 aromatic heterocycles. The fourth-order valence-electron chi connectivity index (χ4n) is 3.94. The number of anilines is 1. The molecule has 0 saturated carbocycles. The number of esters is 3. The van der Waals surface area contributed by atoms with E-state index in [2.05, 4.69) is 18.6 Å². The fraction of sp³-hybridized carbons (Fsp3) is 0.591. The van der Waals surface area contributed by atoms with Gasteiger partial charge in [-0.1, -0.05) is 11.6 Å². The summed E-state index contributed by atoms with van der Waals surface area (Å²) in [6.45, 7) is 1.70. The highest BCUT2D eigenvalue weighted by molar-refractivity contribution is 7.87. The van der Waals surface area contributed by atoms with Gasteiger partial charge in [0.05, 0.1) is 19.8 Å². The number of rotatable bonds is 3. The third-order valence-electron chi connectivity index (χ3n) is 5.80. The van der Waals surface area contributed by atoms with E-state index in [0.717, 1.165) is 36.5 Å². The summed E-state index contributed by atoms with van der Waals surface area (Å²) in [5, 5.41) is 9.29. The first-order chi connectivity index (χ1) is 17.8. The Kier molecular flexibility index (Phi) is 9.84. The maximum atomic E-state index is 11.7. The van der Waals surface area contributed by atoms with Crippen molar-refractivity contribution in [1.82, 2.24) is 0 Å². The van der Waals surface area contributed by atoms with Crippen LogP contribution in [-0.4, -0.2) is 81.6 Å². The monoisotopic (exact) mass is 587 g/mol. The molecule has 16 heteroatoms. The van der Waals surface area contributed by atoms with Crippen LogP contribution in [0.3, 0.4) is 0 Å². The van der Waals surface area contributed by atoms with Crippen molar-refractivity contribution in [2.75, 3.05) is 31.3 Å². The molecule has 0 spiro atoms. The Morgan fingerprint density at radius 1 is 0.974 bits per heavy atom. The van der Waals surface area contributed by atoms with E-state index in [1.54, 1.807) is 0 Å². The van der Waals surface area contributed by atoms with Crippen LogP contribution in [0.15, 0.2) is 18.2 Å². The molecule has 11 nitrogen and oxygen atoms in total. The van der Waals surface area contributed by atoms with E-state index in [-0.39, 0.29) is 25.0 Å². The van der Waals surface area contributed by atoms with Crippen LogP contribution in [0.5, 0.6) is 0 Å². The summed E-state index contributed by atoms with van der Waals surface area (Å²) < 4.78 is 73.3. The Morgan fingerprint density at radius 2 is 1.61 bits per heavy atom. The Balaban J connectivity index is 0.000000171. The molecule has 212 valence electrons. The van der Waals surface area contributed by atoms with Gasteiger partial charge in [-0.05, 0) is 36.6 Å². The van der Waals surface area contributed by atoms with Gasteiger partial charge in [0.25, 0.3) is 0 Å². The molecule has 0 radical (unpaired) electrons. The van der Waals surface area contributed by atoms with E-state index < -0.39 is 39.8 Å². The molecule has 0 unspecified atom stereocenters. The quantitative estimate of drug-likeness (QED) is 0.239. The average molecular weight is 588 g/mol. The first-order valence-corrected chi connectivity index (χ1v) is 13.3. The second-order valence-electron chi connectivity index (χ2n) is 8.45. The maximum Gasteiger partial charge on any atom is 0.523 e. The molecule has 0 amide bonds. The van der Waals surface area contributed by atoms with Crippen LogP contribution in [0.1, 0.15) is 31.2 Å². The van der Waals surface area contributed by atoms with Crippen molar-refractivity contribution in [2.45, 2.75) is 55.9 Å². The molecule has 3 saturated heterocycles. The number of hydrogen-bond donors (Lipinski definition) is 1. The fourth-order valence-corrected chi connectivity index (χ4v) is 4.73. The van der Waals surface area contributed by atoms with Crippen LogP contribution in [0, 0.1) is 0 Å². The van der Waals surface area contributed by atoms with E-state index in [0.29, 0.717) is 19.6 Å². The maximum absolute atomic E-state index is 11.7. The summed E-state index contributed by atoms with van der Waals surface area (Å²) >= 11 is 6.00. The zero-order valence-corrected chi connectivity index (χ0v) is 21.4. The van der Waals surface area contributed by atoms with E-state index >= 15 is 0 Å². The average Bonchev–Trinajstić information content (AvgIpc) is 3.55. The molecule has 1 aromatic carbocycles. The molecule has 1 aromatic rings. The zero-order valence-electron chi connectivity index (χ0n) is 19.8. The SMILES string of the molecule is O=C1OCC[C@@H]1N1CCCc2cc(Cl)ccc21.O=C1OCC[C@H]1O.O=C1OCC[C@H]1OS(=O)(=O)C(F)(F)F. The second-order valence-corrected chi connectivity index (χ2v) is 10.5. The molecule has 4 aliphatic heterocycles. The topological polar surface area (TPSA) is 146 Å². The number of benzene rings is 1. The third kappa shape index (κ3) is 7.48. The van der Waals surface area contributed by atoms with Crippen molar-refractivity contribution < 1.29 is 59.5 Å². The van der Waals surface area contributed by atoms with Crippen LogP contribution in [0.25, 0.3) is 0 Å². The third-order valence-corrected chi connectivity index (χ3v) is 7.09. The normalized spacial score (nSPS) is 24.8. The highest BCUT2D eigenvalue weighted by Crippen LogP contribution is 2.33. The van der Waals surface area contributed by atoms with Crippen molar-refractivity contribution in [3.63, 3.8) is 0 Å². The molecular formula is C22H25ClF3NO10S. The van der Waals surface area contributed by atoms with E-state index in [4.69, 9.17) is 21.4 Å². The lowest BCUT2D eigenvalue weighted by atomic mass is 9.99. The number of ether oxygens (including phenoxy) is 3. The van der Waals surface area contributed by atoms with Crippen molar-refractivity contribution in [1.29, 1.82) is 0 Å². The van der Waals surface area contributed by atoms with Gasteiger partial charge in [0.15, 0.2) is 12.2 Å². The van der Waals surface area contributed by atoms with Crippen LogP contribution in [0.4, 0.5) is 18.9 Å². The van der Waals surface area contributed by atoms with Gasteiger partial charge >= 0.3 is 33.5 Å². The zero-order chi connectivity index (χ0) is 28.1. The molecule has 0 aliphatic carbocycles. The molecule has 0 bridgehead atoms. The molecular weight excluding hydrogens is 563 g/mol. The summed E-state index contributed by atoms with van der Waals surface area (Å²) in [7, 11) is -5.71. The minimum absolute atomic E-state index is 0.0900. The first kappa shape index (κ1) is 29.9. The van der Waals surface area contributed by atoms with Gasteiger partial charge in [0, 0.05) is 36.5 Å². The number of aryl methyl sites for hydroxylation is 1. The van der Waals surface area contributed by atoms with E-state index in [1.165, 1.54) is 5.56 Å². The Labute approximate surface area is 220 Å². The number of carbonyl (C=O) groups is 3. The molecule has 3 atom stereocenters. The van der Waals surface area contributed by atoms with Crippen LogP contribution < -0.4 is 4.90 Å². The number of halogens is 4. The molecule has 5 rings (SSSR count). The first-order valence-electron chi connectivity index (χ1n) is 11.5. The standard InChI is InChI=1S/C13H14ClNO2.C5H5F3O5S.C4H6O3/c14-10-3-4-11-9(8-10)2-1-6-15(11)12-5-7-17-13(12)16;6-5(7,8)14(10,11)13-3-1-2-12-4(3)9;5-3-1-2-7-4(3)6/h3-4,8,12H,1-2,5-7H2;3H,1-2H2;3,5H,1-2H2/t12-;2*3-/m011/s1. The van der Waals surface area contributed by atoms with E-state index in [9.17, 15) is 36.0 Å². The Bertz CT molecular complexity index is 1150. The van der Waals surface area contributed by atoms with Crippen molar-refractivity contribution in [3.05, 3.63) is 28.8 Å². The van der Waals surface area contributed by atoms with Crippen LogP contribution in [-0.2, 0) is 49.3 Å². The van der Waals surface area contributed by atoms with Gasteiger partial charge in [-0.25, -0.2) is 18.6 Å². The van der Waals surface area contributed by atoms with Crippen LogP contribution in [0.2, 0.25) is 5.02 Å². The smallest absolute Gasteiger partial charge is 0.464 e. The lowest BCUT2D eigenvalue weighted by Gasteiger charge is -2.34. The molecule has 4 heterocycles. The highest BCUT2D eigenvalue weighted by atomic mass is 35.5. The Morgan fingerprint density at radius 3 is 2.11 bits per heavy atom. The number of nitrogens with zero attached hydrogens (tertiary/aromatic N) is 1. The van der Waals surface area contributed by atoms with Gasteiger partial charge in [0.1, 0.15) is 6.04 Å². The Hall–Kier alpha value is -2.62. The summed E-state index contributed by atoms with van der Waals surface area (Å²) in [6, 6.07) is 5.81. The minimum Gasteiger partial charge on any atom is -0.464 e. The summed E-state index contributed by atoms with van der Waals surface area (Å²) in [5.74, 6) is -1.68. The lowest BCUT2D eigenvalue weighted by molar-refractivity contribution is -0.145. The van der Waals surface area contributed by atoms with Gasteiger partial charge in [0.2, 0.25) is 0 Å². The van der Waals surface area contributed by atoms with Crippen molar-refractivity contribution >= 4 is 45.3 Å². The number of cyclic esters (lactones) is 3. The summed E-state index contributed by atoms with van der Waals surface area (Å²) in [4.78, 5) is 34.5. The predicted octanol–water partition coefficient (Wildman–Crippen LogP) is 1.87. The van der Waals surface area contributed by atoms with E-state index in [1.807, 2.05) is 18.2 Å². The number of alkyl halides is 3. The number of hydrogen-bond acceptors (Lipinski definition) is 11. The van der Waals surface area contributed by atoms with Gasteiger partial charge in [-0.15, -0.1) is 0 Å². The van der Waals surface area contributed by atoms with Gasteiger partial charge in [-0.2, -0.15) is 21.6 Å². The molecule has 4 aliphatic rings. The number of aliphatic hydroxyl groups excluding tert-OH is 1. The number of aliphatic hydroxyl groups is 1.